The van der Waals surface area contributed by atoms with Crippen molar-refractivity contribution in [3.63, 3.8) is 0 Å². The maximum atomic E-state index is 12.0. The van der Waals surface area contributed by atoms with Crippen LogP contribution in [0.3, 0.4) is 0 Å². The van der Waals surface area contributed by atoms with Gasteiger partial charge in [0.25, 0.3) is 5.91 Å². The van der Waals surface area contributed by atoms with Crippen molar-refractivity contribution in [3.05, 3.63) is 82.9 Å². The predicted octanol–water partition coefficient (Wildman–Crippen LogP) is 2.91. The van der Waals surface area contributed by atoms with Crippen LogP contribution in [0.1, 0.15) is 21.5 Å². The number of nitrogens with zero attached hydrogens (tertiary/aromatic N) is 3. The normalized spacial score (nSPS) is 10.5. The Balaban J connectivity index is 1.56. The van der Waals surface area contributed by atoms with Crippen LogP contribution in [0.4, 0.5) is 0 Å². The lowest BCUT2D eigenvalue weighted by molar-refractivity contribution is 0.0951. The summed E-state index contributed by atoms with van der Waals surface area (Å²) in [7, 11) is 0. The molecule has 0 aliphatic heterocycles. The van der Waals surface area contributed by atoms with Crippen LogP contribution in [0.15, 0.2) is 61.2 Å². The lowest BCUT2D eigenvalue weighted by atomic mass is 10.1. The van der Waals surface area contributed by atoms with Crippen molar-refractivity contribution in [1.29, 1.82) is 0 Å². The molecule has 23 heavy (non-hydrogen) atoms. The molecule has 2 aromatic carbocycles. The Bertz CT molecular complexity index is 767. The van der Waals surface area contributed by atoms with Gasteiger partial charge in [0.2, 0.25) is 0 Å². The van der Waals surface area contributed by atoms with E-state index in [1.807, 2.05) is 24.3 Å². The van der Waals surface area contributed by atoms with Gasteiger partial charge in [-0.15, -0.1) is 0 Å². The van der Waals surface area contributed by atoms with Crippen LogP contribution in [0, 0.1) is 0 Å². The van der Waals surface area contributed by atoms with Crippen molar-refractivity contribution < 1.29 is 4.79 Å². The summed E-state index contributed by atoms with van der Waals surface area (Å²) in [6.07, 6.45) is 3.20. The Morgan fingerprint density at radius 2 is 1.74 bits per heavy atom. The van der Waals surface area contributed by atoms with Crippen LogP contribution >= 0.6 is 11.6 Å². The smallest absolute Gasteiger partial charge is 0.251 e. The van der Waals surface area contributed by atoms with Gasteiger partial charge in [-0.3, -0.25) is 4.79 Å². The van der Waals surface area contributed by atoms with Crippen molar-refractivity contribution in [1.82, 2.24) is 20.1 Å². The fraction of sp³-hybridized carbons (Fsp3) is 0.118. The quantitative estimate of drug-likeness (QED) is 0.784. The van der Waals surface area contributed by atoms with E-state index in [0.717, 1.165) is 11.1 Å². The molecule has 0 spiro atoms. The third-order valence-electron chi connectivity index (χ3n) is 3.39. The zero-order valence-electron chi connectivity index (χ0n) is 12.3. The molecule has 0 saturated heterocycles. The Kier molecular flexibility index (Phi) is 4.68. The van der Waals surface area contributed by atoms with Crippen LogP contribution in [0.5, 0.6) is 0 Å². The number of halogens is 1. The van der Waals surface area contributed by atoms with E-state index in [0.29, 0.717) is 23.7 Å². The molecule has 0 unspecified atom stereocenters. The second-order valence-corrected chi connectivity index (χ2v) is 5.54. The summed E-state index contributed by atoms with van der Waals surface area (Å²) in [5.74, 6) is -0.117. The maximum absolute atomic E-state index is 12.0. The Labute approximate surface area is 138 Å². The lowest BCUT2D eigenvalue weighted by Crippen LogP contribution is -2.22. The molecular formula is C17H15ClN4O. The van der Waals surface area contributed by atoms with E-state index in [4.69, 9.17) is 11.6 Å². The van der Waals surface area contributed by atoms with E-state index in [9.17, 15) is 4.79 Å². The van der Waals surface area contributed by atoms with Gasteiger partial charge in [0.1, 0.15) is 12.7 Å². The standard InChI is InChI=1S/C17H15ClN4O/c18-16-7-5-15(6-8-16)17(23)20-9-13-1-3-14(4-2-13)10-22-12-19-11-21-22/h1-8,11-12H,9-10H2,(H,20,23). The molecule has 1 aromatic heterocycles. The van der Waals surface area contributed by atoms with Gasteiger partial charge >= 0.3 is 0 Å². The fourth-order valence-corrected chi connectivity index (χ4v) is 2.28. The first-order chi connectivity index (χ1) is 11.2. The highest BCUT2D eigenvalue weighted by atomic mass is 35.5. The lowest BCUT2D eigenvalue weighted by Gasteiger charge is -2.07. The SMILES string of the molecule is O=C(NCc1ccc(Cn2cncn2)cc1)c1ccc(Cl)cc1. The van der Waals surface area contributed by atoms with Crippen molar-refractivity contribution in [2.24, 2.45) is 0 Å². The minimum absolute atomic E-state index is 0.117. The van der Waals surface area contributed by atoms with Crippen LogP contribution in [-0.4, -0.2) is 20.7 Å². The first-order valence-electron chi connectivity index (χ1n) is 7.15. The summed E-state index contributed by atoms with van der Waals surface area (Å²) in [6, 6.07) is 14.8. The number of benzene rings is 2. The molecule has 6 heteroatoms. The molecular weight excluding hydrogens is 312 g/mol. The van der Waals surface area contributed by atoms with Crippen LogP contribution in [0.25, 0.3) is 0 Å². The number of carbonyl (C=O) groups is 1. The van der Waals surface area contributed by atoms with Gasteiger partial charge in [-0.2, -0.15) is 5.10 Å². The zero-order valence-corrected chi connectivity index (χ0v) is 13.1. The molecule has 0 aliphatic rings. The number of aromatic nitrogens is 3. The van der Waals surface area contributed by atoms with Gasteiger partial charge < -0.3 is 5.32 Å². The highest BCUT2D eigenvalue weighted by molar-refractivity contribution is 6.30. The predicted molar refractivity (Wildman–Crippen MR) is 88.2 cm³/mol. The number of carbonyl (C=O) groups excluding carboxylic acids is 1. The van der Waals surface area contributed by atoms with Crippen molar-refractivity contribution in [3.8, 4) is 0 Å². The van der Waals surface area contributed by atoms with E-state index < -0.39 is 0 Å². The molecule has 3 aromatic rings. The number of hydrogen-bond acceptors (Lipinski definition) is 3. The molecule has 0 atom stereocenters. The molecule has 1 N–H and O–H groups in total. The fourth-order valence-electron chi connectivity index (χ4n) is 2.15. The molecule has 5 nitrogen and oxygen atoms in total. The van der Waals surface area contributed by atoms with Gasteiger partial charge in [-0.1, -0.05) is 35.9 Å². The molecule has 1 heterocycles. The van der Waals surface area contributed by atoms with E-state index in [-0.39, 0.29) is 5.91 Å². The summed E-state index contributed by atoms with van der Waals surface area (Å²) < 4.78 is 1.76. The largest absolute Gasteiger partial charge is 0.348 e. The third-order valence-corrected chi connectivity index (χ3v) is 3.65. The zero-order chi connectivity index (χ0) is 16.1. The maximum Gasteiger partial charge on any atom is 0.251 e. The van der Waals surface area contributed by atoms with E-state index >= 15 is 0 Å². The van der Waals surface area contributed by atoms with Crippen molar-refractivity contribution >= 4 is 17.5 Å². The van der Waals surface area contributed by atoms with Crippen LogP contribution in [-0.2, 0) is 13.1 Å². The Hall–Kier alpha value is -2.66. The third kappa shape index (κ3) is 4.17. The number of amides is 1. The van der Waals surface area contributed by atoms with Gasteiger partial charge in [0, 0.05) is 17.1 Å². The van der Waals surface area contributed by atoms with E-state index in [2.05, 4.69) is 15.4 Å². The second-order valence-electron chi connectivity index (χ2n) is 5.10. The minimum atomic E-state index is -0.117. The Morgan fingerprint density at radius 3 is 2.39 bits per heavy atom. The molecule has 3 rings (SSSR count). The molecule has 0 aliphatic carbocycles. The monoisotopic (exact) mass is 326 g/mol. The number of rotatable bonds is 5. The summed E-state index contributed by atoms with van der Waals surface area (Å²) in [4.78, 5) is 16.0. The van der Waals surface area contributed by atoms with Crippen LogP contribution < -0.4 is 5.32 Å². The van der Waals surface area contributed by atoms with Gasteiger partial charge in [0.05, 0.1) is 6.54 Å². The van der Waals surface area contributed by atoms with Gasteiger partial charge in [-0.25, -0.2) is 9.67 Å². The minimum Gasteiger partial charge on any atom is -0.348 e. The number of nitrogens with one attached hydrogen (secondary N) is 1. The summed E-state index contributed by atoms with van der Waals surface area (Å²) in [6.45, 7) is 1.16. The van der Waals surface area contributed by atoms with E-state index in [1.54, 1.807) is 35.3 Å². The van der Waals surface area contributed by atoms with E-state index in [1.165, 1.54) is 6.33 Å². The summed E-state index contributed by atoms with van der Waals surface area (Å²) in [5.41, 5.74) is 2.76. The van der Waals surface area contributed by atoms with Crippen molar-refractivity contribution in [2.75, 3.05) is 0 Å². The Morgan fingerprint density at radius 1 is 1.04 bits per heavy atom. The molecule has 0 radical (unpaired) electrons. The number of hydrogen-bond donors (Lipinski definition) is 1. The van der Waals surface area contributed by atoms with Crippen molar-refractivity contribution in [2.45, 2.75) is 13.1 Å². The molecule has 116 valence electrons. The van der Waals surface area contributed by atoms with Gasteiger partial charge in [-0.05, 0) is 35.4 Å². The molecule has 0 fully saturated rings. The molecule has 0 bridgehead atoms. The first-order valence-corrected chi connectivity index (χ1v) is 7.52. The second kappa shape index (κ2) is 7.07. The average Bonchev–Trinajstić information content (AvgIpc) is 3.07. The average molecular weight is 327 g/mol. The summed E-state index contributed by atoms with van der Waals surface area (Å²) in [5, 5.41) is 7.58. The first kappa shape index (κ1) is 15.2. The van der Waals surface area contributed by atoms with Gasteiger partial charge in [0.15, 0.2) is 0 Å². The topological polar surface area (TPSA) is 59.8 Å². The highest BCUT2D eigenvalue weighted by Gasteiger charge is 2.05. The molecule has 0 saturated carbocycles. The highest BCUT2D eigenvalue weighted by Crippen LogP contribution is 2.10. The summed E-state index contributed by atoms with van der Waals surface area (Å²) >= 11 is 5.81. The van der Waals surface area contributed by atoms with Crippen LogP contribution in [0.2, 0.25) is 5.02 Å². The molecule has 1 amide bonds.